The number of nitrogens with two attached hydrogens (primary N) is 2. The molecule has 0 saturated carbocycles. The van der Waals surface area contributed by atoms with Crippen molar-refractivity contribution in [3.63, 3.8) is 0 Å². The second kappa shape index (κ2) is 16.2. The number of phenols is 2. The van der Waals surface area contributed by atoms with Gasteiger partial charge in [-0.2, -0.15) is 0 Å². The predicted molar refractivity (Wildman–Crippen MR) is 133 cm³/mol. The molecule has 0 saturated heterocycles. The van der Waals surface area contributed by atoms with E-state index in [-0.39, 0.29) is 89.9 Å². The Hall–Kier alpha value is -2.60. The SMILES string of the molecule is CC(=O)Nc1c(N)cc(C(=O)O)c(O)c1Br.COC(=O)c1cc(N)c(NC(C)=O)c(Br)c1O.[NH-]O.[Na+]. The first-order valence-electron chi connectivity index (χ1n) is 8.93. The number of aromatic hydroxyl groups is 2. The molecule has 14 nitrogen and oxygen atoms in total. The summed E-state index contributed by atoms with van der Waals surface area (Å²) in [6.07, 6.45) is 0. The molecule has 36 heavy (non-hydrogen) atoms. The number of aromatic carboxylic acids is 1. The number of carboxylic acid groups (broad SMARTS) is 1. The second-order valence-corrected chi connectivity index (χ2v) is 7.85. The van der Waals surface area contributed by atoms with Gasteiger partial charge in [0.2, 0.25) is 11.8 Å². The summed E-state index contributed by atoms with van der Waals surface area (Å²) in [7, 11) is 1.19. The van der Waals surface area contributed by atoms with Gasteiger partial charge in [0.1, 0.15) is 22.6 Å². The second-order valence-electron chi connectivity index (χ2n) is 6.26. The number of esters is 1. The van der Waals surface area contributed by atoms with Crippen molar-refractivity contribution < 1.29 is 74.0 Å². The molecule has 0 aromatic heterocycles. The number of nitrogen functional groups attached to an aromatic ring is 2. The van der Waals surface area contributed by atoms with Crippen LogP contribution in [0, 0.1) is 0 Å². The third-order valence-electron chi connectivity index (χ3n) is 3.78. The molecule has 0 radical (unpaired) electrons. The van der Waals surface area contributed by atoms with Gasteiger partial charge in [0.25, 0.3) is 0 Å². The molecular formula is C19H22Br2N5NaO9. The fraction of sp³-hybridized carbons (Fsp3) is 0.158. The number of anilines is 4. The molecule has 0 spiro atoms. The Bertz CT molecular complexity index is 1150. The van der Waals surface area contributed by atoms with Gasteiger partial charge in [-0.3, -0.25) is 9.59 Å². The Morgan fingerprint density at radius 2 is 1.19 bits per heavy atom. The van der Waals surface area contributed by atoms with Gasteiger partial charge in [-0.15, -0.1) is 0 Å². The molecule has 0 atom stereocenters. The molecule has 2 amide bonds. The van der Waals surface area contributed by atoms with Gasteiger partial charge in [0, 0.05) is 13.8 Å². The third-order valence-corrected chi connectivity index (χ3v) is 5.32. The number of hydrogen-bond donors (Lipinski definition) is 8. The largest absolute Gasteiger partial charge is 1.00 e. The Morgan fingerprint density at radius 1 is 0.861 bits per heavy atom. The summed E-state index contributed by atoms with van der Waals surface area (Å²) in [5, 5.41) is 39.2. The number of rotatable bonds is 4. The van der Waals surface area contributed by atoms with Crippen LogP contribution >= 0.6 is 31.9 Å². The van der Waals surface area contributed by atoms with Gasteiger partial charge in [-0.1, -0.05) is 0 Å². The Morgan fingerprint density at radius 3 is 1.50 bits per heavy atom. The zero-order valence-corrected chi connectivity index (χ0v) is 24.6. The summed E-state index contributed by atoms with van der Waals surface area (Å²) in [4.78, 5) is 43.9. The number of phenolic OH excluding ortho intramolecular Hbond substituents is 1. The summed E-state index contributed by atoms with van der Waals surface area (Å²) >= 11 is 6.03. The van der Waals surface area contributed by atoms with Crippen molar-refractivity contribution in [2.45, 2.75) is 13.8 Å². The first-order valence-corrected chi connectivity index (χ1v) is 10.5. The molecule has 0 unspecified atom stereocenters. The van der Waals surface area contributed by atoms with E-state index in [1.165, 1.54) is 27.0 Å². The van der Waals surface area contributed by atoms with Crippen molar-refractivity contribution in [2.24, 2.45) is 0 Å². The Balaban J connectivity index is 0. The first kappa shape index (κ1) is 35.6. The van der Waals surface area contributed by atoms with E-state index in [1.807, 2.05) is 0 Å². The number of hydrogen-bond acceptors (Lipinski definition) is 10. The van der Waals surface area contributed by atoms with E-state index in [1.54, 1.807) is 0 Å². The van der Waals surface area contributed by atoms with Crippen molar-refractivity contribution in [3.05, 3.63) is 38.1 Å². The minimum absolute atomic E-state index is 0. The Labute approximate surface area is 243 Å². The van der Waals surface area contributed by atoms with Crippen LogP contribution in [0.25, 0.3) is 5.90 Å². The minimum Gasteiger partial charge on any atom is -0.553 e. The van der Waals surface area contributed by atoms with Gasteiger partial charge in [0.05, 0.1) is 38.8 Å². The number of carbonyl (C=O) groups is 4. The molecule has 2 aromatic carbocycles. The zero-order valence-electron chi connectivity index (χ0n) is 19.4. The number of carboxylic acids is 1. The van der Waals surface area contributed by atoms with Crippen LogP contribution in [0.1, 0.15) is 34.6 Å². The maximum atomic E-state index is 11.3. The van der Waals surface area contributed by atoms with Gasteiger partial charge < -0.3 is 53.3 Å². The molecule has 0 aliphatic rings. The monoisotopic (exact) mass is 645 g/mol. The van der Waals surface area contributed by atoms with Crippen LogP contribution in [0.2, 0.25) is 0 Å². The van der Waals surface area contributed by atoms with Gasteiger partial charge in [-0.25, -0.2) is 9.59 Å². The van der Waals surface area contributed by atoms with E-state index in [9.17, 15) is 29.4 Å². The zero-order chi connectivity index (χ0) is 27.6. The number of carbonyl (C=O) groups excluding carboxylic acids is 3. The number of methoxy groups -OCH3 is 1. The van der Waals surface area contributed by atoms with Crippen LogP contribution in [0.15, 0.2) is 21.1 Å². The minimum atomic E-state index is -1.31. The molecule has 0 bridgehead atoms. The topological polar surface area (TPSA) is 258 Å². The maximum Gasteiger partial charge on any atom is 1.00 e. The van der Waals surface area contributed by atoms with Crippen LogP contribution in [0.5, 0.6) is 11.5 Å². The molecule has 2 rings (SSSR count). The van der Waals surface area contributed by atoms with Crippen LogP contribution < -0.4 is 51.7 Å². The average Bonchev–Trinajstić information content (AvgIpc) is 2.79. The normalized spacial score (nSPS) is 9.19. The van der Waals surface area contributed by atoms with E-state index in [4.69, 9.17) is 27.7 Å². The summed E-state index contributed by atoms with van der Waals surface area (Å²) in [5.41, 5.74) is 11.4. The van der Waals surface area contributed by atoms with E-state index in [0.29, 0.717) is 0 Å². The maximum absolute atomic E-state index is 11.3. The van der Waals surface area contributed by atoms with Crippen molar-refractivity contribution in [1.82, 2.24) is 0 Å². The summed E-state index contributed by atoms with van der Waals surface area (Å²) in [6, 6.07) is 2.31. The van der Waals surface area contributed by atoms with Gasteiger partial charge in [0.15, 0.2) is 0 Å². The number of halogens is 2. The molecule has 11 N–H and O–H groups in total. The van der Waals surface area contributed by atoms with E-state index < -0.39 is 17.7 Å². The molecule has 0 fully saturated rings. The number of benzene rings is 2. The standard InChI is InChI=1S/C10H11BrN2O4.C9H9BrN2O4.H2NO.Na/c1-4(14)13-8-6(12)3-5(10(16)17-2)9(15)7(8)11;1-3(13)12-7-5(11)2-4(9(15)16)8(14)6(7)10;1-2;/h3,15H,12H2,1-2H3,(H,13,14);2,14H,11H2,1H3,(H,12,13)(H,15,16);1-2H;/q;;-1;+1. The van der Waals surface area contributed by atoms with Crippen LogP contribution in [-0.2, 0) is 14.3 Å². The summed E-state index contributed by atoms with van der Waals surface area (Å²) in [5.74, 6) is 1.18. The molecule has 0 aliphatic carbocycles. The molecule has 0 heterocycles. The van der Waals surface area contributed by atoms with Gasteiger partial charge >= 0.3 is 41.5 Å². The fourth-order valence-electron chi connectivity index (χ4n) is 2.35. The van der Waals surface area contributed by atoms with E-state index in [0.717, 1.165) is 6.07 Å². The first-order chi connectivity index (χ1) is 16.2. The summed E-state index contributed by atoms with van der Waals surface area (Å²) < 4.78 is 4.66. The van der Waals surface area contributed by atoms with E-state index >= 15 is 0 Å². The van der Waals surface area contributed by atoms with Crippen LogP contribution in [0.4, 0.5) is 22.7 Å². The number of amides is 2. The molecule has 17 heteroatoms. The smallest absolute Gasteiger partial charge is 0.553 e. The van der Waals surface area contributed by atoms with Gasteiger partial charge in [-0.05, 0) is 44.0 Å². The fourth-order valence-corrected chi connectivity index (χ4v) is 3.44. The molecule has 192 valence electrons. The molecule has 2 aromatic rings. The van der Waals surface area contributed by atoms with Crippen LogP contribution in [-0.4, -0.2) is 51.4 Å². The van der Waals surface area contributed by atoms with Crippen molar-refractivity contribution >= 4 is 78.4 Å². The third kappa shape index (κ3) is 9.45. The summed E-state index contributed by atoms with van der Waals surface area (Å²) in [6.45, 7) is 2.57. The molecule has 0 aliphatic heterocycles. The average molecular weight is 647 g/mol. The van der Waals surface area contributed by atoms with Crippen molar-refractivity contribution in [3.8, 4) is 11.5 Å². The predicted octanol–water partition coefficient (Wildman–Crippen LogP) is 0.307. The van der Waals surface area contributed by atoms with Crippen molar-refractivity contribution in [2.75, 3.05) is 29.2 Å². The van der Waals surface area contributed by atoms with Crippen molar-refractivity contribution in [1.29, 1.82) is 0 Å². The van der Waals surface area contributed by atoms with E-state index in [2.05, 4.69) is 47.2 Å². The van der Waals surface area contributed by atoms with Crippen LogP contribution in [0.3, 0.4) is 0 Å². The molecular weight excluding hydrogens is 625 g/mol. The number of ether oxygens (including phenoxy) is 1. The Kier molecular flexibility index (Phi) is 16.0. The quantitative estimate of drug-likeness (QED) is 0.0736. The number of nitrogens with one attached hydrogen (secondary N) is 3.